The van der Waals surface area contributed by atoms with Gasteiger partial charge in [-0.2, -0.15) is 0 Å². The van der Waals surface area contributed by atoms with Crippen LogP contribution in [0.25, 0.3) is 0 Å². The SMILES string of the molecule is O=C(O)C1CCC(Br)(C(=O)O)CC1. The maximum atomic E-state index is 10.8. The summed E-state index contributed by atoms with van der Waals surface area (Å²) in [6.45, 7) is 0. The Labute approximate surface area is 84.1 Å². The number of carboxylic acids is 2. The normalized spacial score (nSPS) is 34.1. The molecule has 0 saturated heterocycles. The molecule has 1 aliphatic rings. The fourth-order valence-electron chi connectivity index (χ4n) is 1.54. The van der Waals surface area contributed by atoms with E-state index in [0.29, 0.717) is 25.7 Å². The molecule has 1 fully saturated rings. The van der Waals surface area contributed by atoms with Gasteiger partial charge in [0.2, 0.25) is 0 Å². The summed E-state index contributed by atoms with van der Waals surface area (Å²) in [5, 5.41) is 17.5. The number of halogens is 1. The number of aliphatic carboxylic acids is 2. The Morgan fingerprint density at radius 1 is 1.23 bits per heavy atom. The molecular weight excluding hydrogens is 240 g/mol. The third kappa shape index (κ3) is 2.21. The molecule has 0 atom stereocenters. The van der Waals surface area contributed by atoms with E-state index in [0.717, 1.165) is 0 Å². The van der Waals surface area contributed by atoms with Crippen LogP contribution in [0, 0.1) is 5.92 Å². The van der Waals surface area contributed by atoms with E-state index in [-0.39, 0.29) is 5.92 Å². The van der Waals surface area contributed by atoms with Crippen LogP contribution < -0.4 is 0 Å². The van der Waals surface area contributed by atoms with E-state index in [9.17, 15) is 9.59 Å². The molecule has 0 aliphatic heterocycles. The van der Waals surface area contributed by atoms with Gasteiger partial charge >= 0.3 is 11.9 Å². The van der Waals surface area contributed by atoms with Gasteiger partial charge in [-0.05, 0) is 25.7 Å². The Morgan fingerprint density at radius 3 is 2.00 bits per heavy atom. The molecule has 0 aromatic carbocycles. The zero-order valence-corrected chi connectivity index (χ0v) is 8.58. The third-order valence-corrected chi connectivity index (χ3v) is 3.64. The van der Waals surface area contributed by atoms with E-state index in [1.807, 2.05) is 0 Å². The average Bonchev–Trinajstić information content (AvgIpc) is 2.04. The summed E-state index contributed by atoms with van der Waals surface area (Å²) in [6, 6.07) is 0. The molecule has 5 heteroatoms. The van der Waals surface area contributed by atoms with Crippen LogP contribution in [0.15, 0.2) is 0 Å². The number of carboxylic acid groups (broad SMARTS) is 2. The van der Waals surface area contributed by atoms with Crippen LogP contribution in [0.5, 0.6) is 0 Å². The molecule has 0 aromatic heterocycles. The molecule has 0 aromatic rings. The standard InChI is InChI=1S/C8H11BrO4/c9-8(7(12)13)3-1-5(2-4-8)6(10)11/h5H,1-4H2,(H,10,11)(H,12,13). The molecule has 74 valence electrons. The van der Waals surface area contributed by atoms with Crippen molar-refractivity contribution in [1.29, 1.82) is 0 Å². The molecular formula is C8H11BrO4. The number of carbonyl (C=O) groups is 2. The van der Waals surface area contributed by atoms with Gasteiger partial charge in [-0.1, -0.05) is 15.9 Å². The second-order valence-corrected chi connectivity index (χ2v) is 4.90. The van der Waals surface area contributed by atoms with Crippen molar-refractivity contribution in [2.45, 2.75) is 30.0 Å². The third-order valence-electron chi connectivity index (χ3n) is 2.51. The topological polar surface area (TPSA) is 74.6 Å². The van der Waals surface area contributed by atoms with Gasteiger partial charge in [0.1, 0.15) is 4.32 Å². The van der Waals surface area contributed by atoms with Gasteiger partial charge in [0.15, 0.2) is 0 Å². The van der Waals surface area contributed by atoms with Gasteiger partial charge in [0.05, 0.1) is 5.92 Å². The quantitative estimate of drug-likeness (QED) is 0.729. The number of alkyl halides is 1. The van der Waals surface area contributed by atoms with Crippen LogP contribution in [-0.4, -0.2) is 26.5 Å². The number of rotatable bonds is 2. The first-order valence-corrected chi connectivity index (χ1v) is 4.90. The highest BCUT2D eigenvalue weighted by atomic mass is 79.9. The molecule has 0 bridgehead atoms. The monoisotopic (exact) mass is 250 g/mol. The lowest BCUT2D eigenvalue weighted by Gasteiger charge is -2.30. The van der Waals surface area contributed by atoms with Crippen molar-refractivity contribution >= 4 is 27.9 Å². The van der Waals surface area contributed by atoms with Crippen LogP contribution in [-0.2, 0) is 9.59 Å². The van der Waals surface area contributed by atoms with Crippen molar-refractivity contribution in [3.05, 3.63) is 0 Å². The number of hydrogen-bond acceptors (Lipinski definition) is 2. The lowest BCUT2D eigenvalue weighted by molar-refractivity contribution is -0.146. The summed E-state index contributed by atoms with van der Waals surface area (Å²) >= 11 is 3.14. The Morgan fingerprint density at radius 2 is 1.69 bits per heavy atom. The van der Waals surface area contributed by atoms with Gasteiger partial charge < -0.3 is 10.2 Å². The maximum Gasteiger partial charge on any atom is 0.320 e. The van der Waals surface area contributed by atoms with Crippen LogP contribution in [0.1, 0.15) is 25.7 Å². The highest BCUT2D eigenvalue weighted by Crippen LogP contribution is 2.38. The second kappa shape index (κ2) is 3.65. The van der Waals surface area contributed by atoms with Crippen LogP contribution >= 0.6 is 15.9 Å². The Hall–Kier alpha value is -0.580. The number of hydrogen-bond donors (Lipinski definition) is 2. The van der Waals surface area contributed by atoms with Crippen molar-refractivity contribution in [1.82, 2.24) is 0 Å². The summed E-state index contributed by atoms with van der Waals surface area (Å²) in [6.07, 6.45) is 1.65. The van der Waals surface area contributed by atoms with Gasteiger partial charge in [-0.25, -0.2) is 0 Å². The largest absolute Gasteiger partial charge is 0.481 e. The lowest BCUT2D eigenvalue weighted by atomic mass is 9.82. The van der Waals surface area contributed by atoms with E-state index >= 15 is 0 Å². The molecule has 13 heavy (non-hydrogen) atoms. The zero-order valence-electron chi connectivity index (χ0n) is 6.99. The van der Waals surface area contributed by atoms with Gasteiger partial charge in [0, 0.05) is 0 Å². The second-order valence-electron chi connectivity index (χ2n) is 3.38. The summed E-state index contributed by atoms with van der Waals surface area (Å²) in [7, 11) is 0. The van der Waals surface area contributed by atoms with E-state index in [1.165, 1.54) is 0 Å². The summed E-state index contributed by atoms with van der Waals surface area (Å²) in [5.41, 5.74) is 0. The minimum atomic E-state index is -0.892. The predicted molar refractivity (Wildman–Crippen MR) is 48.9 cm³/mol. The van der Waals surface area contributed by atoms with Crippen LogP contribution in [0.2, 0.25) is 0 Å². The molecule has 1 saturated carbocycles. The zero-order chi connectivity index (χ0) is 10.1. The average molecular weight is 251 g/mol. The summed E-state index contributed by atoms with van der Waals surface area (Å²) in [4.78, 5) is 21.3. The fourth-order valence-corrected chi connectivity index (χ4v) is 1.99. The predicted octanol–water partition coefficient (Wildman–Crippen LogP) is 1.48. The minimum Gasteiger partial charge on any atom is -0.481 e. The highest BCUT2D eigenvalue weighted by Gasteiger charge is 2.41. The Balaban J connectivity index is 2.56. The smallest absolute Gasteiger partial charge is 0.320 e. The first-order valence-electron chi connectivity index (χ1n) is 4.11. The molecule has 0 unspecified atom stereocenters. The van der Waals surface area contributed by atoms with Crippen molar-refractivity contribution in [3.8, 4) is 0 Å². The molecule has 0 radical (unpaired) electrons. The van der Waals surface area contributed by atoms with Crippen molar-refractivity contribution < 1.29 is 19.8 Å². The van der Waals surface area contributed by atoms with E-state index in [2.05, 4.69) is 15.9 Å². The summed E-state index contributed by atoms with van der Waals surface area (Å²) < 4.78 is -0.890. The Bertz CT molecular complexity index is 230. The van der Waals surface area contributed by atoms with Gasteiger partial charge in [-0.3, -0.25) is 9.59 Å². The molecule has 1 aliphatic carbocycles. The minimum absolute atomic E-state index is 0.370. The summed E-state index contributed by atoms with van der Waals surface area (Å²) in [5.74, 6) is -2.08. The molecule has 1 rings (SSSR count). The molecule has 0 heterocycles. The van der Waals surface area contributed by atoms with E-state index in [1.54, 1.807) is 0 Å². The van der Waals surface area contributed by atoms with E-state index < -0.39 is 16.3 Å². The molecule has 2 N–H and O–H groups in total. The van der Waals surface area contributed by atoms with E-state index in [4.69, 9.17) is 10.2 Å². The highest BCUT2D eigenvalue weighted by molar-refractivity contribution is 9.10. The Kier molecular flexibility index (Phi) is 2.95. The molecule has 4 nitrogen and oxygen atoms in total. The maximum absolute atomic E-state index is 10.8. The van der Waals surface area contributed by atoms with Crippen LogP contribution in [0.4, 0.5) is 0 Å². The van der Waals surface area contributed by atoms with Gasteiger partial charge in [-0.15, -0.1) is 0 Å². The van der Waals surface area contributed by atoms with Crippen molar-refractivity contribution in [3.63, 3.8) is 0 Å². The lowest BCUT2D eigenvalue weighted by Crippen LogP contribution is -2.37. The van der Waals surface area contributed by atoms with Crippen molar-refractivity contribution in [2.24, 2.45) is 5.92 Å². The van der Waals surface area contributed by atoms with Crippen LogP contribution in [0.3, 0.4) is 0 Å². The van der Waals surface area contributed by atoms with Gasteiger partial charge in [0.25, 0.3) is 0 Å². The first-order chi connectivity index (χ1) is 5.96. The molecule has 0 amide bonds. The fraction of sp³-hybridized carbons (Fsp3) is 0.750. The first kappa shape index (κ1) is 10.5. The van der Waals surface area contributed by atoms with Crippen molar-refractivity contribution in [2.75, 3.05) is 0 Å². The molecule has 0 spiro atoms.